The fraction of sp³-hybridized carbons (Fsp3) is 0.222. The third-order valence-electron chi connectivity index (χ3n) is 3.30. The molecule has 0 atom stereocenters. The maximum absolute atomic E-state index is 6.17. The van der Waals surface area contributed by atoms with Gasteiger partial charge in [-0.2, -0.15) is 4.98 Å². The second-order valence-electron chi connectivity index (χ2n) is 5.60. The summed E-state index contributed by atoms with van der Waals surface area (Å²) in [7, 11) is 0. The minimum absolute atomic E-state index is 0.148. The molecule has 2 aromatic carbocycles. The highest BCUT2D eigenvalue weighted by Crippen LogP contribution is 2.32. The van der Waals surface area contributed by atoms with Crippen molar-refractivity contribution in [1.82, 2.24) is 10.1 Å². The molecule has 0 bridgehead atoms. The van der Waals surface area contributed by atoms with Crippen LogP contribution in [0.2, 0.25) is 10.0 Å². The van der Waals surface area contributed by atoms with Crippen LogP contribution in [0.25, 0.3) is 11.4 Å². The van der Waals surface area contributed by atoms with E-state index < -0.39 is 0 Å². The summed E-state index contributed by atoms with van der Waals surface area (Å²) in [6.45, 7) is 3.99. The lowest BCUT2D eigenvalue weighted by atomic mass is 10.1. The van der Waals surface area contributed by atoms with Gasteiger partial charge in [-0.25, -0.2) is 0 Å². The molecular formula is C18H16Cl2N2O2. The summed E-state index contributed by atoms with van der Waals surface area (Å²) in [6, 6.07) is 13.1. The van der Waals surface area contributed by atoms with Gasteiger partial charge in [0.25, 0.3) is 0 Å². The van der Waals surface area contributed by atoms with Crippen LogP contribution in [0.15, 0.2) is 47.0 Å². The topological polar surface area (TPSA) is 48.2 Å². The van der Waals surface area contributed by atoms with E-state index in [1.165, 1.54) is 0 Å². The van der Waals surface area contributed by atoms with Gasteiger partial charge in [-0.1, -0.05) is 46.6 Å². The average Bonchev–Trinajstić information content (AvgIpc) is 2.97. The lowest BCUT2D eigenvalue weighted by Crippen LogP contribution is -2.05. The van der Waals surface area contributed by atoms with E-state index >= 15 is 0 Å². The summed E-state index contributed by atoms with van der Waals surface area (Å²) in [5.74, 6) is 1.72. The van der Waals surface area contributed by atoms with Crippen molar-refractivity contribution in [2.45, 2.75) is 26.4 Å². The molecule has 0 unspecified atom stereocenters. The Morgan fingerprint density at radius 2 is 1.71 bits per heavy atom. The molecule has 1 heterocycles. The van der Waals surface area contributed by atoms with Gasteiger partial charge < -0.3 is 9.26 Å². The van der Waals surface area contributed by atoms with Crippen molar-refractivity contribution in [3.63, 3.8) is 0 Å². The summed E-state index contributed by atoms with van der Waals surface area (Å²) < 4.78 is 10.9. The third kappa shape index (κ3) is 3.89. The van der Waals surface area contributed by atoms with Gasteiger partial charge in [0.15, 0.2) is 0 Å². The molecule has 0 aliphatic carbocycles. The SMILES string of the molecule is CC(C)Oc1ccc(Cc2nc(-c3c(Cl)cccc3Cl)no2)cc1. The predicted octanol–water partition coefficient (Wildman–Crippen LogP) is 5.42. The molecule has 0 radical (unpaired) electrons. The van der Waals surface area contributed by atoms with E-state index in [-0.39, 0.29) is 6.10 Å². The highest BCUT2D eigenvalue weighted by atomic mass is 35.5. The summed E-state index contributed by atoms with van der Waals surface area (Å²) >= 11 is 12.3. The van der Waals surface area contributed by atoms with Gasteiger partial charge in [-0.05, 0) is 43.7 Å². The van der Waals surface area contributed by atoms with Crippen molar-refractivity contribution in [3.05, 3.63) is 64.0 Å². The molecule has 0 amide bonds. The van der Waals surface area contributed by atoms with E-state index in [1.54, 1.807) is 18.2 Å². The molecule has 3 rings (SSSR count). The lowest BCUT2D eigenvalue weighted by molar-refractivity contribution is 0.242. The van der Waals surface area contributed by atoms with Crippen molar-refractivity contribution in [2.24, 2.45) is 0 Å². The Hall–Kier alpha value is -2.04. The van der Waals surface area contributed by atoms with Crippen molar-refractivity contribution in [2.75, 3.05) is 0 Å². The smallest absolute Gasteiger partial charge is 0.231 e. The molecule has 0 spiro atoms. The van der Waals surface area contributed by atoms with Crippen molar-refractivity contribution in [1.29, 1.82) is 0 Å². The van der Waals surface area contributed by atoms with Crippen LogP contribution in [-0.4, -0.2) is 16.2 Å². The molecule has 0 N–H and O–H groups in total. The minimum Gasteiger partial charge on any atom is -0.491 e. The minimum atomic E-state index is 0.148. The number of hydrogen-bond donors (Lipinski definition) is 0. The standard InChI is InChI=1S/C18H16Cl2N2O2/c1-11(2)23-13-8-6-12(7-9-13)10-16-21-18(22-24-16)17-14(19)4-3-5-15(17)20/h3-9,11H,10H2,1-2H3. The molecule has 4 nitrogen and oxygen atoms in total. The first-order valence-electron chi connectivity index (χ1n) is 7.55. The van der Waals surface area contributed by atoms with Gasteiger partial charge in [0, 0.05) is 0 Å². The molecule has 0 fully saturated rings. The second kappa shape index (κ2) is 7.24. The molecule has 6 heteroatoms. The number of ether oxygens (including phenoxy) is 1. The van der Waals surface area contributed by atoms with Gasteiger partial charge in [0.1, 0.15) is 5.75 Å². The number of aromatic nitrogens is 2. The molecule has 3 aromatic rings. The first-order chi connectivity index (χ1) is 11.5. The normalized spacial score (nSPS) is 11.0. The van der Waals surface area contributed by atoms with Crippen LogP contribution in [0.1, 0.15) is 25.3 Å². The quantitative estimate of drug-likeness (QED) is 0.607. The van der Waals surface area contributed by atoms with E-state index in [0.29, 0.717) is 33.7 Å². The fourth-order valence-electron chi connectivity index (χ4n) is 2.27. The van der Waals surface area contributed by atoms with Crippen LogP contribution in [-0.2, 0) is 6.42 Å². The Balaban J connectivity index is 1.77. The van der Waals surface area contributed by atoms with E-state index in [1.807, 2.05) is 38.1 Å². The number of benzene rings is 2. The van der Waals surface area contributed by atoms with Crippen LogP contribution in [0.4, 0.5) is 0 Å². The third-order valence-corrected chi connectivity index (χ3v) is 3.93. The highest BCUT2D eigenvalue weighted by molar-refractivity contribution is 6.38. The molecule has 0 aliphatic heterocycles. The lowest BCUT2D eigenvalue weighted by Gasteiger charge is -2.09. The van der Waals surface area contributed by atoms with Gasteiger partial charge in [0.2, 0.25) is 11.7 Å². The number of nitrogens with zero attached hydrogens (tertiary/aromatic N) is 2. The second-order valence-corrected chi connectivity index (χ2v) is 6.41. The molecule has 0 aliphatic rings. The van der Waals surface area contributed by atoms with E-state index in [9.17, 15) is 0 Å². The Labute approximate surface area is 150 Å². The summed E-state index contributed by atoms with van der Waals surface area (Å²) in [5.41, 5.74) is 1.63. The van der Waals surface area contributed by atoms with Gasteiger partial charge in [-0.3, -0.25) is 0 Å². The molecule has 124 valence electrons. The Bertz CT molecular complexity index is 809. The van der Waals surface area contributed by atoms with Crippen LogP contribution in [0, 0.1) is 0 Å². The van der Waals surface area contributed by atoms with E-state index in [4.69, 9.17) is 32.5 Å². The Morgan fingerprint density at radius 1 is 1.04 bits per heavy atom. The maximum atomic E-state index is 6.17. The van der Waals surface area contributed by atoms with Crippen LogP contribution in [0.5, 0.6) is 5.75 Å². The summed E-state index contributed by atoms with van der Waals surface area (Å²) in [4.78, 5) is 4.39. The zero-order valence-electron chi connectivity index (χ0n) is 13.3. The maximum Gasteiger partial charge on any atom is 0.231 e. The van der Waals surface area contributed by atoms with Gasteiger partial charge >= 0.3 is 0 Å². The first kappa shape index (κ1) is 16.8. The van der Waals surface area contributed by atoms with Crippen LogP contribution in [0.3, 0.4) is 0 Å². The summed E-state index contributed by atoms with van der Waals surface area (Å²) in [6.07, 6.45) is 0.673. The Morgan fingerprint density at radius 3 is 2.33 bits per heavy atom. The van der Waals surface area contributed by atoms with Crippen molar-refractivity contribution in [3.8, 4) is 17.1 Å². The fourth-order valence-corrected chi connectivity index (χ4v) is 2.84. The largest absolute Gasteiger partial charge is 0.491 e. The Kier molecular flexibility index (Phi) is 5.07. The zero-order chi connectivity index (χ0) is 17.1. The molecular weight excluding hydrogens is 347 g/mol. The zero-order valence-corrected chi connectivity index (χ0v) is 14.8. The first-order valence-corrected chi connectivity index (χ1v) is 8.31. The van der Waals surface area contributed by atoms with Crippen molar-refractivity contribution < 1.29 is 9.26 Å². The molecule has 24 heavy (non-hydrogen) atoms. The predicted molar refractivity (Wildman–Crippen MR) is 94.8 cm³/mol. The molecule has 1 aromatic heterocycles. The molecule has 0 saturated carbocycles. The van der Waals surface area contributed by atoms with Gasteiger partial charge in [-0.15, -0.1) is 0 Å². The number of hydrogen-bond acceptors (Lipinski definition) is 4. The monoisotopic (exact) mass is 362 g/mol. The van der Waals surface area contributed by atoms with Gasteiger partial charge in [0.05, 0.1) is 28.1 Å². The molecule has 0 saturated heterocycles. The van der Waals surface area contributed by atoms with Crippen molar-refractivity contribution >= 4 is 23.2 Å². The van der Waals surface area contributed by atoms with Crippen LogP contribution < -0.4 is 4.74 Å². The number of rotatable bonds is 5. The average molecular weight is 363 g/mol. The van der Waals surface area contributed by atoms with E-state index in [2.05, 4.69) is 10.1 Å². The highest BCUT2D eigenvalue weighted by Gasteiger charge is 2.15. The van der Waals surface area contributed by atoms with E-state index in [0.717, 1.165) is 11.3 Å². The number of halogens is 2. The summed E-state index contributed by atoms with van der Waals surface area (Å²) in [5, 5.41) is 4.96. The van der Waals surface area contributed by atoms with Crippen LogP contribution >= 0.6 is 23.2 Å².